The first kappa shape index (κ1) is 17.4. The van der Waals surface area contributed by atoms with Crippen LogP contribution in [-0.2, 0) is 10.2 Å². The first-order valence-corrected chi connectivity index (χ1v) is 8.69. The van der Waals surface area contributed by atoms with Crippen LogP contribution in [-0.4, -0.2) is 30.0 Å². The SMILES string of the molecule is Cc1ccccc1C1(CNc2nnc(C)c(C)c2C#N)CCOCC1. The van der Waals surface area contributed by atoms with Gasteiger partial charge in [0.25, 0.3) is 0 Å². The van der Waals surface area contributed by atoms with Crippen LogP contribution < -0.4 is 5.32 Å². The van der Waals surface area contributed by atoms with E-state index in [9.17, 15) is 5.26 Å². The van der Waals surface area contributed by atoms with Gasteiger partial charge < -0.3 is 10.1 Å². The Labute approximate surface area is 149 Å². The van der Waals surface area contributed by atoms with Crippen molar-refractivity contribution in [2.45, 2.75) is 39.0 Å². The van der Waals surface area contributed by atoms with Crippen LogP contribution in [0.3, 0.4) is 0 Å². The Kier molecular flexibility index (Phi) is 5.00. The lowest BCUT2D eigenvalue weighted by Crippen LogP contribution is -2.41. The Hall–Kier alpha value is -2.45. The molecule has 0 bridgehead atoms. The fourth-order valence-corrected chi connectivity index (χ4v) is 3.59. The Balaban J connectivity index is 1.92. The molecule has 2 heterocycles. The van der Waals surface area contributed by atoms with Crippen molar-refractivity contribution in [3.8, 4) is 6.07 Å². The van der Waals surface area contributed by atoms with E-state index in [0.29, 0.717) is 17.9 Å². The molecule has 1 aromatic heterocycles. The first-order chi connectivity index (χ1) is 12.1. The van der Waals surface area contributed by atoms with Crippen LogP contribution in [0.5, 0.6) is 0 Å². The molecule has 25 heavy (non-hydrogen) atoms. The second kappa shape index (κ2) is 7.20. The van der Waals surface area contributed by atoms with Crippen molar-refractivity contribution in [1.82, 2.24) is 10.2 Å². The highest BCUT2D eigenvalue weighted by Gasteiger charge is 2.35. The van der Waals surface area contributed by atoms with Gasteiger partial charge in [-0.2, -0.15) is 10.4 Å². The van der Waals surface area contributed by atoms with Gasteiger partial charge in [-0.25, -0.2) is 0 Å². The quantitative estimate of drug-likeness (QED) is 0.926. The number of ether oxygens (including phenoxy) is 1. The highest BCUT2D eigenvalue weighted by atomic mass is 16.5. The summed E-state index contributed by atoms with van der Waals surface area (Å²) in [7, 11) is 0. The van der Waals surface area contributed by atoms with Crippen LogP contribution in [0.1, 0.15) is 40.8 Å². The molecule has 0 radical (unpaired) electrons. The zero-order valence-corrected chi connectivity index (χ0v) is 15.1. The number of benzene rings is 1. The summed E-state index contributed by atoms with van der Waals surface area (Å²) in [5.41, 5.74) is 4.88. The van der Waals surface area contributed by atoms with Gasteiger partial charge in [-0.05, 0) is 50.3 Å². The van der Waals surface area contributed by atoms with Crippen LogP contribution in [0, 0.1) is 32.1 Å². The lowest BCUT2D eigenvalue weighted by Gasteiger charge is -2.39. The molecule has 1 aliphatic heterocycles. The Morgan fingerprint density at radius 1 is 1.16 bits per heavy atom. The van der Waals surface area contributed by atoms with Crippen molar-refractivity contribution in [2.75, 3.05) is 25.1 Å². The molecular weight excluding hydrogens is 312 g/mol. The van der Waals surface area contributed by atoms with Gasteiger partial charge in [0, 0.05) is 25.2 Å². The fourth-order valence-electron chi connectivity index (χ4n) is 3.59. The zero-order chi connectivity index (χ0) is 17.9. The molecule has 2 aromatic rings. The van der Waals surface area contributed by atoms with Gasteiger partial charge in [0.15, 0.2) is 5.82 Å². The number of nitrogens with one attached hydrogen (secondary N) is 1. The molecule has 1 aromatic carbocycles. The molecule has 1 saturated heterocycles. The Morgan fingerprint density at radius 2 is 1.88 bits per heavy atom. The molecule has 1 aliphatic rings. The maximum absolute atomic E-state index is 9.51. The van der Waals surface area contributed by atoms with Crippen molar-refractivity contribution >= 4 is 5.82 Å². The summed E-state index contributed by atoms with van der Waals surface area (Å²) < 4.78 is 5.61. The van der Waals surface area contributed by atoms with Crippen molar-refractivity contribution in [1.29, 1.82) is 5.26 Å². The van der Waals surface area contributed by atoms with Gasteiger partial charge in [-0.15, -0.1) is 5.10 Å². The molecule has 5 heteroatoms. The van der Waals surface area contributed by atoms with E-state index < -0.39 is 0 Å². The van der Waals surface area contributed by atoms with E-state index in [1.165, 1.54) is 11.1 Å². The molecule has 3 rings (SSSR count). The number of hydrogen-bond donors (Lipinski definition) is 1. The third kappa shape index (κ3) is 3.35. The minimum absolute atomic E-state index is 0.0171. The first-order valence-electron chi connectivity index (χ1n) is 8.69. The third-order valence-corrected chi connectivity index (χ3v) is 5.33. The predicted octanol–water partition coefficient (Wildman–Crippen LogP) is 3.43. The topological polar surface area (TPSA) is 70.8 Å². The molecular formula is C20H24N4O. The summed E-state index contributed by atoms with van der Waals surface area (Å²) in [6.07, 6.45) is 1.90. The maximum atomic E-state index is 9.51. The summed E-state index contributed by atoms with van der Waals surface area (Å²) in [5.74, 6) is 0.574. The van der Waals surface area contributed by atoms with Gasteiger partial charge in [0.05, 0.1) is 5.69 Å². The minimum atomic E-state index is -0.0171. The van der Waals surface area contributed by atoms with E-state index in [1.54, 1.807) is 0 Å². The molecule has 1 fully saturated rings. The zero-order valence-electron chi connectivity index (χ0n) is 15.1. The van der Waals surface area contributed by atoms with E-state index >= 15 is 0 Å². The van der Waals surface area contributed by atoms with E-state index in [-0.39, 0.29) is 5.41 Å². The van der Waals surface area contributed by atoms with Crippen LogP contribution >= 0.6 is 0 Å². The van der Waals surface area contributed by atoms with Gasteiger partial charge >= 0.3 is 0 Å². The van der Waals surface area contributed by atoms with Crippen LogP contribution in [0.25, 0.3) is 0 Å². The van der Waals surface area contributed by atoms with E-state index in [0.717, 1.165) is 37.3 Å². The summed E-state index contributed by atoms with van der Waals surface area (Å²) >= 11 is 0. The van der Waals surface area contributed by atoms with Crippen LogP contribution in [0.2, 0.25) is 0 Å². The number of anilines is 1. The molecule has 0 aliphatic carbocycles. The second-order valence-corrected chi connectivity index (χ2v) is 6.81. The Morgan fingerprint density at radius 3 is 2.56 bits per heavy atom. The molecule has 0 spiro atoms. The second-order valence-electron chi connectivity index (χ2n) is 6.81. The average molecular weight is 336 g/mol. The summed E-state index contributed by atoms with van der Waals surface area (Å²) in [5, 5.41) is 21.3. The monoisotopic (exact) mass is 336 g/mol. The average Bonchev–Trinajstić information content (AvgIpc) is 2.64. The summed E-state index contributed by atoms with van der Waals surface area (Å²) in [4.78, 5) is 0. The minimum Gasteiger partial charge on any atom is -0.381 e. The van der Waals surface area contributed by atoms with Crippen molar-refractivity contribution in [2.24, 2.45) is 0 Å². The maximum Gasteiger partial charge on any atom is 0.166 e. The predicted molar refractivity (Wildman–Crippen MR) is 97.6 cm³/mol. The summed E-state index contributed by atoms with van der Waals surface area (Å²) in [6, 6.07) is 10.8. The van der Waals surface area contributed by atoms with E-state index in [4.69, 9.17) is 4.74 Å². The molecule has 5 nitrogen and oxygen atoms in total. The highest BCUT2D eigenvalue weighted by molar-refractivity contribution is 5.56. The van der Waals surface area contributed by atoms with Crippen molar-refractivity contribution in [3.63, 3.8) is 0 Å². The molecule has 0 amide bonds. The Bertz CT molecular complexity index is 804. The molecule has 0 saturated carbocycles. The number of hydrogen-bond acceptors (Lipinski definition) is 5. The smallest absolute Gasteiger partial charge is 0.166 e. The largest absolute Gasteiger partial charge is 0.381 e. The standard InChI is InChI=1S/C20H24N4O/c1-14-6-4-5-7-18(14)20(8-10-25-11-9-20)13-22-19-17(12-21)15(2)16(3)23-24-19/h4-7H,8-11,13H2,1-3H3,(H,22,24). The fraction of sp³-hybridized carbons (Fsp3) is 0.450. The van der Waals surface area contributed by atoms with E-state index in [1.807, 2.05) is 13.8 Å². The molecule has 0 unspecified atom stereocenters. The van der Waals surface area contributed by atoms with Gasteiger partial charge in [0.1, 0.15) is 11.6 Å². The van der Waals surface area contributed by atoms with E-state index in [2.05, 4.69) is 52.8 Å². The van der Waals surface area contributed by atoms with Crippen LogP contribution in [0.4, 0.5) is 5.82 Å². The molecule has 0 atom stereocenters. The number of nitriles is 1. The molecule has 1 N–H and O–H groups in total. The highest BCUT2D eigenvalue weighted by Crippen LogP contribution is 2.37. The van der Waals surface area contributed by atoms with Gasteiger partial charge in [-0.1, -0.05) is 24.3 Å². The summed E-state index contributed by atoms with van der Waals surface area (Å²) in [6.45, 7) is 8.16. The van der Waals surface area contributed by atoms with Crippen LogP contribution in [0.15, 0.2) is 24.3 Å². The number of nitrogens with zero attached hydrogens (tertiary/aromatic N) is 3. The third-order valence-electron chi connectivity index (χ3n) is 5.33. The number of aromatic nitrogens is 2. The molecule has 130 valence electrons. The van der Waals surface area contributed by atoms with Gasteiger partial charge in [-0.3, -0.25) is 0 Å². The van der Waals surface area contributed by atoms with Gasteiger partial charge in [0.2, 0.25) is 0 Å². The lowest BCUT2D eigenvalue weighted by atomic mass is 9.72. The number of aryl methyl sites for hydroxylation is 2. The lowest BCUT2D eigenvalue weighted by molar-refractivity contribution is 0.0541. The normalized spacial score (nSPS) is 16.2. The number of rotatable bonds is 4. The van der Waals surface area contributed by atoms with Crippen molar-refractivity contribution in [3.05, 3.63) is 52.2 Å². The van der Waals surface area contributed by atoms with Crippen molar-refractivity contribution < 1.29 is 4.74 Å².